The fourth-order valence-electron chi connectivity index (χ4n) is 4.99. The molecule has 4 rings (SSSR count). The topological polar surface area (TPSA) is 87.3 Å². The molecule has 178 valence electrons. The predicted octanol–water partition coefficient (Wildman–Crippen LogP) is 3.78. The quantitative estimate of drug-likeness (QED) is 0.636. The van der Waals surface area contributed by atoms with Crippen LogP contribution in [0, 0.1) is 5.41 Å². The Kier molecular flexibility index (Phi) is 7.29. The third-order valence-corrected chi connectivity index (χ3v) is 7.14. The van der Waals surface area contributed by atoms with Crippen LogP contribution in [0.3, 0.4) is 0 Å². The van der Waals surface area contributed by atoms with Crippen molar-refractivity contribution < 1.29 is 9.53 Å². The van der Waals surface area contributed by atoms with Crippen LogP contribution in [0.5, 0.6) is 0 Å². The number of nitrogens with zero attached hydrogens (tertiary/aromatic N) is 2. The highest BCUT2D eigenvalue weighted by Gasteiger charge is 2.29. The van der Waals surface area contributed by atoms with Gasteiger partial charge in [0.2, 0.25) is 5.91 Å². The Hall–Kier alpha value is -2.51. The number of likely N-dealkylation sites (tertiary alicyclic amines) is 1. The van der Waals surface area contributed by atoms with E-state index < -0.39 is 5.41 Å². The molecule has 2 N–H and O–H groups in total. The lowest BCUT2D eigenvalue weighted by Gasteiger charge is -2.25. The van der Waals surface area contributed by atoms with E-state index in [4.69, 9.17) is 4.74 Å². The molecule has 2 aliphatic rings. The molecule has 1 aromatic carbocycles. The van der Waals surface area contributed by atoms with Crippen LogP contribution in [-0.4, -0.2) is 53.9 Å². The number of nitrogens with one attached hydrogen (secondary N) is 2. The van der Waals surface area contributed by atoms with Crippen LogP contribution >= 0.6 is 0 Å². The number of methoxy groups -OCH3 is 1. The van der Waals surface area contributed by atoms with Crippen molar-refractivity contribution in [1.82, 2.24) is 15.1 Å². The van der Waals surface area contributed by atoms with Crippen LogP contribution in [0.25, 0.3) is 11.3 Å². The number of anilines is 1. The van der Waals surface area contributed by atoms with Crippen LogP contribution in [0.15, 0.2) is 29.1 Å². The monoisotopic (exact) mass is 452 g/mol. The molecule has 1 unspecified atom stereocenters. The van der Waals surface area contributed by atoms with Crippen LogP contribution in [0.2, 0.25) is 0 Å². The first-order valence-electron chi connectivity index (χ1n) is 12.1. The summed E-state index contributed by atoms with van der Waals surface area (Å²) in [6.07, 6.45) is 7.00. The summed E-state index contributed by atoms with van der Waals surface area (Å²) in [5, 5.41) is 10.1. The van der Waals surface area contributed by atoms with Crippen molar-refractivity contribution in [2.75, 3.05) is 32.1 Å². The van der Waals surface area contributed by atoms with E-state index in [-0.39, 0.29) is 11.5 Å². The summed E-state index contributed by atoms with van der Waals surface area (Å²) in [7, 11) is 1.78. The first-order chi connectivity index (χ1) is 15.9. The zero-order valence-electron chi connectivity index (χ0n) is 20.1. The summed E-state index contributed by atoms with van der Waals surface area (Å²) < 4.78 is 5.44. The van der Waals surface area contributed by atoms with Crippen LogP contribution in [0.1, 0.15) is 57.1 Å². The van der Waals surface area contributed by atoms with E-state index in [0.717, 1.165) is 92.7 Å². The third kappa shape index (κ3) is 5.53. The van der Waals surface area contributed by atoms with Crippen molar-refractivity contribution in [3.05, 3.63) is 45.7 Å². The lowest BCUT2D eigenvalue weighted by Crippen LogP contribution is -2.32. The molecule has 0 saturated carbocycles. The molecule has 1 atom stereocenters. The van der Waals surface area contributed by atoms with Gasteiger partial charge in [0.15, 0.2) is 0 Å². The average Bonchev–Trinajstić information content (AvgIpc) is 3.27. The van der Waals surface area contributed by atoms with E-state index >= 15 is 0 Å². The molecule has 0 radical (unpaired) electrons. The standard InChI is InChI=1S/C26H36N4O3/c1-26(2,13-7-14-30-15-12-20(17-30)33-3)25(32)27-19-9-6-8-18(16-19)23-21-10-4-5-11-22(21)24(31)29-28-23/h6,8-9,16,20H,4-5,7,10-15,17H2,1-3H3,(H,27,32)(H,29,31). The molecule has 7 heteroatoms. The second kappa shape index (κ2) is 10.2. The van der Waals surface area contributed by atoms with Crippen LogP contribution < -0.4 is 10.9 Å². The Balaban J connectivity index is 1.40. The summed E-state index contributed by atoms with van der Waals surface area (Å²) in [6.45, 7) is 7.07. The van der Waals surface area contributed by atoms with Crippen LogP contribution in [-0.2, 0) is 22.4 Å². The van der Waals surface area contributed by atoms with E-state index in [1.165, 1.54) is 0 Å². The number of aromatic nitrogens is 2. The molecule has 1 amide bonds. The molecule has 1 saturated heterocycles. The van der Waals surface area contributed by atoms with Gasteiger partial charge in [0, 0.05) is 42.4 Å². The molecule has 1 aliphatic heterocycles. The summed E-state index contributed by atoms with van der Waals surface area (Å²) >= 11 is 0. The highest BCUT2D eigenvalue weighted by molar-refractivity contribution is 5.95. The normalized spacial score (nSPS) is 18.8. The van der Waals surface area contributed by atoms with Gasteiger partial charge < -0.3 is 15.0 Å². The number of amides is 1. The second-order valence-corrected chi connectivity index (χ2v) is 10.0. The lowest BCUT2D eigenvalue weighted by atomic mass is 9.86. The molecule has 33 heavy (non-hydrogen) atoms. The van der Waals surface area contributed by atoms with Gasteiger partial charge in [0.25, 0.3) is 5.56 Å². The zero-order chi connectivity index (χ0) is 23.4. The van der Waals surface area contributed by atoms with E-state index in [1.54, 1.807) is 7.11 Å². The number of aromatic amines is 1. The molecule has 2 heterocycles. The summed E-state index contributed by atoms with van der Waals surface area (Å²) in [5.41, 5.74) is 3.85. The molecule has 1 aromatic heterocycles. The molecule has 7 nitrogen and oxygen atoms in total. The van der Waals surface area contributed by atoms with Gasteiger partial charge in [0.1, 0.15) is 0 Å². The van der Waals surface area contributed by atoms with Crippen LogP contribution in [0.4, 0.5) is 5.69 Å². The molecular formula is C26H36N4O3. The second-order valence-electron chi connectivity index (χ2n) is 10.0. The lowest BCUT2D eigenvalue weighted by molar-refractivity contribution is -0.124. The SMILES string of the molecule is COC1CCN(CCCC(C)(C)C(=O)Nc2cccc(-c3n[nH]c(=O)c4c3CCCC4)c2)C1. The number of carbonyl (C=O) groups is 1. The Labute approximate surface area is 195 Å². The van der Waals surface area contributed by atoms with Gasteiger partial charge in [-0.25, -0.2) is 5.10 Å². The zero-order valence-corrected chi connectivity index (χ0v) is 20.1. The summed E-state index contributed by atoms with van der Waals surface area (Å²) in [4.78, 5) is 27.7. The summed E-state index contributed by atoms with van der Waals surface area (Å²) in [6, 6.07) is 7.78. The maximum atomic E-state index is 13.1. The minimum absolute atomic E-state index is 0.0206. The van der Waals surface area contributed by atoms with Gasteiger partial charge in [-0.05, 0) is 69.2 Å². The molecule has 0 bridgehead atoms. The van der Waals surface area contributed by atoms with Crippen molar-refractivity contribution in [2.45, 2.75) is 64.9 Å². The molecule has 0 spiro atoms. The number of H-pyrrole nitrogens is 1. The van der Waals surface area contributed by atoms with Crippen molar-refractivity contribution >= 4 is 11.6 Å². The number of carbonyl (C=O) groups excluding carboxylic acids is 1. The minimum atomic E-state index is -0.466. The Morgan fingerprint density at radius 1 is 1.27 bits per heavy atom. The van der Waals surface area contributed by atoms with E-state index in [1.807, 2.05) is 38.1 Å². The third-order valence-electron chi connectivity index (χ3n) is 7.14. The van der Waals surface area contributed by atoms with Gasteiger partial charge in [-0.1, -0.05) is 26.0 Å². The number of fused-ring (bicyclic) bond motifs is 1. The van der Waals surface area contributed by atoms with E-state index in [2.05, 4.69) is 20.4 Å². The predicted molar refractivity (Wildman–Crippen MR) is 130 cm³/mol. The van der Waals surface area contributed by atoms with Crippen molar-refractivity contribution in [2.24, 2.45) is 5.41 Å². The fraction of sp³-hybridized carbons (Fsp3) is 0.577. The average molecular weight is 453 g/mol. The molecular weight excluding hydrogens is 416 g/mol. The minimum Gasteiger partial charge on any atom is -0.380 e. The van der Waals surface area contributed by atoms with E-state index in [9.17, 15) is 9.59 Å². The Morgan fingerprint density at radius 2 is 2.06 bits per heavy atom. The van der Waals surface area contributed by atoms with Crippen molar-refractivity contribution in [1.29, 1.82) is 0 Å². The Bertz CT molecular complexity index is 1050. The first kappa shape index (κ1) is 23.6. The number of hydrogen-bond acceptors (Lipinski definition) is 5. The molecule has 2 aromatic rings. The maximum absolute atomic E-state index is 13.1. The largest absolute Gasteiger partial charge is 0.380 e. The van der Waals surface area contributed by atoms with Gasteiger partial charge >= 0.3 is 0 Å². The number of rotatable bonds is 8. The Morgan fingerprint density at radius 3 is 2.82 bits per heavy atom. The van der Waals surface area contributed by atoms with E-state index in [0.29, 0.717) is 6.10 Å². The highest BCUT2D eigenvalue weighted by atomic mass is 16.5. The van der Waals surface area contributed by atoms with Gasteiger partial charge in [0.05, 0.1) is 11.8 Å². The smallest absolute Gasteiger partial charge is 0.267 e. The van der Waals surface area contributed by atoms with Crippen molar-refractivity contribution in [3.63, 3.8) is 0 Å². The van der Waals surface area contributed by atoms with Gasteiger partial charge in [-0.2, -0.15) is 5.10 Å². The molecule has 1 fully saturated rings. The van der Waals surface area contributed by atoms with Crippen molar-refractivity contribution in [3.8, 4) is 11.3 Å². The number of ether oxygens (including phenoxy) is 1. The van der Waals surface area contributed by atoms with Gasteiger partial charge in [-0.15, -0.1) is 0 Å². The fourth-order valence-corrected chi connectivity index (χ4v) is 4.99. The first-order valence-corrected chi connectivity index (χ1v) is 12.1. The maximum Gasteiger partial charge on any atom is 0.267 e. The number of benzene rings is 1. The highest BCUT2D eigenvalue weighted by Crippen LogP contribution is 2.30. The van der Waals surface area contributed by atoms with Gasteiger partial charge in [-0.3, -0.25) is 9.59 Å². The molecule has 1 aliphatic carbocycles. The number of hydrogen-bond donors (Lipinski definition) is 2. The summed E-state index contributed by atoms with van der Waals surface area (Å²) in [5.74, 6) is 0.0206.